The number of nitrogens with one attached hydrogen (secondary N) is 1. The van der Waals surface area contributed by atoms with E-state index in [1.165, 1.54) is 18.5 Å². The van der Waals surface area contributed by atoms with Gasteiger partial charge in [-0.3, -0.25) is 4.72 Å². The van der Waals surface area contributed by atoms with E-state index in [1.54, 1.807) is 0 Å². The summed E-state index contributed by atoms with van der Waals surface area (Å²) in [6.45, 7) is 0. The lowest BCUT2D eigenvalue weighted by molar-refractivity contribution is 0.604. The van der Waals surface area contributed by atoms with Gasteiger partial charge in [-0.1, -0.05) is 0 Å². The zero-order valence-electron chi connectivity index (χ0n) is 6.81. The minimum absolute atomic E-state index is 0.0865. The molecule has 0 amide bonds. The third-order valence-corrected chi connectivity index (χ3v) is 2.57. The smallest absolute Gasteiger partial charge is 0.247 e. The Bertz CT molecular complexity index is 450. The maximum atomic E-state index is 11.1. The van der Waals surface area contributed by atoms with E-state index in [-0.39, 0.29) is 5.82 Å². The predicted molar refractivity (Wildman–Crippen MR) is 52.8 cm³/mol. The highest BCUT2D eigenvalue weighted by Gasteiger charge is 2.09. The summed E-state index contributed by atoms with van der Waals surface area (Å²) in [4.78, 5) is 7.50. The van der Waals surface area contributed by atoms with E-state index in [9.17, 15) is 8.42 Å². The molecule has 0 aliphatic carbocycles. The SMILES string of the molecule is N#CCS(=O)(=O)Nc1cnc(Br)cn1. The van der Waals surface area contributed by atoms with Gasteiger partial charge in [-0.2, -0.15) is 5.26 Å². The van der Waals surface area contributed by atoms with Gasteiger partial charge in [0.2, 0.25) is 10.0 Å². The fourth-order valence-electron chi connectivity index (χ4n) is 0.645. The van der Waals surface area contributed by atoms with Crippen molar-refractivity contribution in [3.05, 3.63) is 17.0 Å². The molecular formula is C6H5BrN4O2S. The number of sulfonamides is 1. The van der Waals surface area contributed by atoms with Crippen LogP contribution < -0.4 is 4.72 Å². The van der Waals surface area contributed by atoms with Crippen molar-refractivity contribution < 1.29 is 8.42 Å². The fraction of sp³-hybridized carbons (Fsp3) is 0.167. The van der Waals surface area contributed by atoms with Gasteiger partial charge in [0.05, 0.1) is 18.5 Å². The Kier molecular flexibility index (Phi) is 3.38. The minimum Gasteiger partial charge on any atom is -0.265 e. The number of halogens is 1. The van der Waals surface area contributed by atoms with Crippen LogP contribution in [0.5, 0.6) is 0 Å². The van der Waals surface area contributed by atoms with Crippen LogP contribution in [-0.2, 0) is 10.0 Å². The third kappa shape index (κ3) is 3.27. The van der Waals surface area contributed by atoms with Gasteiger partial charge in [-0.05, 0) is 15.9 Å². The molecule has 0 aliphatic heterocycles. The molecule has 1 aromatic heterocycles. The van der Waals surface area contributed by atoms with Gasteiger partial charge in [0.1, 0.15) is 4.60 Å². The Morgan fingerprint density at radius 1 is 1.50 bits per heavy atom. The van der Waals surface area contributed by atoms with Gasteiger partial charge < -0.3 is 0 Å². The van der Waals surface area contributed by atoms with Crippen LogP contribution in [0, 0.1) is 11.3 Å². The summed E-state index contributed by atoms with van der Waals surface area (Å²) in [5.41, 5.74) is 0. The van der Waals surface area contributed by atoms with Crippen molar-refractivity contribution in [2.24, 2.45) is 0 Å². The number of aromatic nitrogens is 2. The average Bonchev–Trinajstić information content (AvgIpc) is 2.08. The van der Waals surface area contributed by atoms with E-state index in [1.807, 2.05) is 0 Å². The van der Waals surface area contributed by atoms with E-state index in [2.05, 4.69) is 30.6 Å². The lowest BCUT2D eigenvalue weighted by atomic mass is 10.7. The quantitative estimate of drug-likeness (QED) is 0.868. The lowest BCUT2D eigenvalue weighted by Crippen LogP contribution is -2.16. The normalized spacial score (nSPS) is 10.6. The van der Waals surface area contributed by atoms with Crippen molar-refractivity contribution in [1.29, 1.82) is 5.26 Å². The zero-order valence-corrected chi connectivity index (χ0v) is 9.21. The maximum absolute atomic E-state index is 11.1. The van der Waals surface area contributed by atoms with Crippen molar-refractivity contribution in [2.75, 3.05) is 10.5 Å². The standard InChI is InChI=1S/C6H5BrN4O2S/c7-5-3-10-6(4-9-5)11-14(12,13)2-1-8/h3-4H,2H2,(H,10,11). The minimum atomic E-state index is -3.63. The summed E-state index contributed by atoms with van der Waals surface area (Å²) in [5, 5.41) is 8.21. The van der Waals surface area contributed by atoms with Crippen LogP contribution >= 0.6 is 15.9 Å². The third-order valence-electron chi connectivity index (χ3n) is 1.13. The van der Waals surface area contributed by atoms with Crippen LogP contribution in [-0.4, -0.2) is 24.1 Å². The van der Waals surface area contributed by atoms with Gasteiger partial charge in [-0.25, -0.2) is 18.4 Å². The Balaban J connectivity index is 2.80. The van der Waals surface area contributed by atoms with Crippen molar-refractivity contribution in [3.8, 4) is 6.07 Å². The summed E-state index contributed by atoms with van der Waals surface area (Å²) in [6, 6.07) is 1.53. The van der Waals surface area contributed by atoms with Crippen molar-refractivity contribution in [1.82, 2.24) is 9.97 Å². The molecule has 0 aliphatic rings. The average molecular weight is 277 g/mol. The topological polar surface area (TPSA) is 95.7 Å². The molecule has 1 aromatic rings. The Hall–Kier alpha value is -1.20. The molecule has 0 saturated carbocycles. The Labute approximate surface area is 89.2 Å². The molecule has 0 fully saturated rings. The van der Waals surface area contributed by atoms with Gasteiger partial charge in [0.15, 0.2) is 11.6 Å². The van der Waals surface area contributed by atoms with Crippen LogP contribution in [0.2, 0.25) is 0 Å². The molecule has 0 spiro atoms. The summed E-state index contributed by atoms with van der Waals surface area (Å²) < 4.78 is 24.7. The van der Waals surface area contributed by atoms with E-state index in [4.69, 9.17) is 5.26 Å². The summed E-state index contributed by atoms with van der Waals surface area (Å²) >= 11 is 3.05. The highest BCUT2D eigenvalue weighted by atomic mass is 79.9. The van der Waals surface area contributed by atoms with E-state index < -0.39 is 15.8 Å². The van der Waals surface area contributed by atoms with Crippen molar-refractivity contribution in [2.45, 2.75) is 0 Å². The van der Waals surface area contributed by atoms with Crippen molar-refractivity contribution >= 4 is 31.8 Å². The molecular weight excluding hydrogens is 272 g/mol. The van der Waals surface area contributed by atoms with Gasteiger partial charge >= 0.3 is 0 Å². The Morgan fingerprint density at radius 3 is 2.71 bits per heavy atom. The van der Waals surface area contributed by atoms with E-state index >= 15 is 0 Å². The summed E-state index contributed by atoms with van der Waals surface area (Å²) in [6.07, 6.45) is 2.60. The van der Waals surface area contributed by atoms with Gasteiger partial charge in [0, 0.05) is 0 Å². The lowest BCUT2D eigenvalue weighted by Gasteiger charge is -2.02. The predicted octanol–water partition coefficient (Wildman–Crippen LogP) is 0.504. The van der Waals surface area contributed by atoms with Gasteiger partial charge in [0.25, 0.3) is 0 Å². The molecule has 6 nitrogen and oxygen atoms in total. The molecule has 0 aromatic carbocycles. The molecule has 14 heavy (non-hydrogen) atoms. The first-order valence-corrected chi connectivity index (χ1v) is 5.83. The molecule has 8 heteroatoms. The number of nitriles is 1. The first-order chi connectivity index (χ1) is 6.53. The molecule has 1 heterocycles. The first kappa shape index (κ1) is 10.9. The van der Waals surface area contributed by atoms with E-state index in [0.717, 1.165) is 0 Å². The largest absolute Gasteiger partial charge is 0.265 e. The second kappa shape index (κ2) is 4.34. The number of hydrogen-bond donors (Lipinski definition) is 1. The van der Waals surface area contributed by atoms with Crippen molar-refractivity contribution in [3.63, 3.8) is 0 Å². The number of nitrogens with zero attached hydrogens (tertiary/aromatic N) is 3. The number of anilines is 1. The monoisotopic (exact) mass is 276 g/mol. The van der Waals surface area contributed by atoms with Crippen LogP contribution in [0.1, 0.15) is 0 Å². The summed E-state index contributed by atoms with van der Waals surface area (Å²) in [7, 11) is -3.63. The van der Waals surface area contributed by atoms with Crippen LogP contribution in [0.4, 0.5) is 5.82 Å². The first-order valence-electron chi connectivity index (χ1n) is 3.38. The maximum Gasteiger partial charge on any atom is 0.247 e. The summed E-state index contributed by atoms with van der Waals surface area (Å²) in [5.74, 6) is -0.520. The Morgan fingerprint density at radius 2 is 2.21 bits per heavy atom. The highest BCUT2D eigenvalue weighted by Crippen LogP contribution is 2.07. The molecule has 1 rings (SSSR count). The molecule has 0 unspecified atom stereocenters. The van der Waals surface area contributed by atoms with Crippen LogP contribution in [0.3, 0.4) is 0 Å². The second-order valence-corrected chi connectivity index (χ2v) is 4.78. The highest BCUT2D eigenvalue weighted by molar-refractivity contribution is 9.10. The molecule has 74 valence electrons. The molecule has 0 atom stereocenters. The van der Waals surface area contributed by atoms with Crippen LogP contribution in [0.25, 0.3) is 0 Å². The molecule has 1 N–H and O–H groups in total. The zero-order chi connectivity index (χ0) is 10.6. The second-order valence-electron chi connectivity index (χ2n) is 2.24. The molecule has 0 saturated heterocycles. The number of hydrogen-bond acceptors (Lipinski definition) is 5. The van der Waals surface area contributed by atoms with E-state index in [0.29, 0.717) is 4.60 Å². The fourth-order valence-corrected chi connectivity index (χ4v) is 1.52. The van der Waals surface area contributed by atoms with Crippen LogP contribution in [0.15, 0.2) is 17.0 Å². The molecule has 0 radical (unpaired) electrons. The van der Waals surface area contributed by atoms with Gasteiger partial charge in [-0.15, -0.1) is 0 Å². The number of rotatable bonds is 3. The molecule has 0 bridgehead atoms.